The van der Waals surface area contributed by atoms with Gasteiger partial charge in [0, 0.05) is 0 Å². The van der Waals surface area contributed by atoms with Crippen molar-refractivity contribution in [2.24, 2.45) is 16.6 Å². The van der Waals surface area contributed by atoms with Crippen LogP contribution in [-0.4, -0.2) is 39.5 Å². The third kappa shape index (κ3) is 5.48. The molecular weight excluding hydrogens is 266 g/mol. The Bertz CT molecular complexity index is 424. The van der Waals surface area contributed by atoms with E-state index in [1.807, 2.05) is 13.8 Å². The van der Waals surface area contributed by atoms with Crippen molar-refractivity contribution in [2.75, 3.05) is 25.2 Å². The molecule has 0 aromatic carbocycles. The zero-order valence-electron chi connectivity index (χ0n) is 12.1. The predicted molar refractivity (Wildman–Crippen MR) is 74.4 cm³/mol. The van der Waals surface area contributed by atoms with E-state index in [1.165, 1.54) is 7.11 Å². The summed E-state index contributed by atoms with van der Waals surface area (Å²) in [6.07, 6.45) is 2.35. The van der Waals surface area contributed by atoms with E-state index in [4.69, 9.17) is 5.73 Å². The van der Waals surface area contributed by atoms with E-state index in [2.05, 4.69) is 4.74 Å². The molecule has 0 radical (unpaired) electrons. The second kappa shape index (κ2) is 5.79. The van der Waals surface area contributed by atoms with Gasteiger partial charge in [-0.1, -0.05) is 13.8 Å². The maximum atomic E-state index is 12.1. The third-order valence-electron chi connectivity index (χ3n) is 3.87. The molecule has 0 aliphatic heterocycles. The second-order valence-corrected chi connectivity index (χ2v) is 8.65. The molecule has 0 aromatic heterocycles. The van der Waals surface area contributed by atoms with E-state index >= 15 is 0 Å². The van der Waals surface area contributed by atoms with E-state index in [9.17, 15) is 13.2 Å². The molecule has 0 aromatic rings. The molecule has 0 amide bonds. The summed E-state index contributed by atoms with van der Waals surface area (Å²) in [7, 11) is -1.81. The van der Waals surface area contributed by atoms with Crippen molar-refractivity contribution in [1.82, 2.24) is 0 Å². The standard InChI is InChI=1S/C13H25NO4S/c1-12(2,9-14)6-7-19(16,17)10-13(4-5-13)8-11(15)18-3/h4-10,14H2,1-3H3. The predicted octanol–water partition coefficient (Wildman–Crippen LogP) is 1.12. The zero-order valence-corrected chi connectivity index (χ0v) is 12.9. The number of carbonyl (C=O) groups is 1. The van der Waals surface area contributed by atoms with E-state index < -0.39 is 9.84 Å². The Labute approximate surface area is 115 Å². The smallest absolute Gasteiger partial charge is 0.306 e. The van der Waals surface area contributed by atoms with Crippen LogP contribution < -0.4 is 5.73 Å². The van der Waals surface area contributed by atoms with Crippen LogP contribution >= 0.6 is 0 Å². The van der Waals surface area contributed by atoms with Crippen LogP contribution in [0.15, 0.2) is 0 Å². The van der Waals surface area contributed by atoms with Crippen molar-refractivity contribution in [3.8, 4) is 0 Å². The maximum absolute atomic E-state index is 12.1. The minimum Gasteiger partial charge on any atom is -0.469 e. The Morgan fingerprint density at radius 1 is 1.37 bits per heavy atom. The Morgan fingerprint density at radius 2 is 1.95 bits per heavy atom. The topological polar surface area (TPSA) is 86.5 Å². The van der Waals surface area contributed by atoms with Crippen LogP contribution in [0.1, 0.15) is 39.5 Å². The Morgan fingerprint density at radius 3 is 2.37 bits per heavy atom. The SMILES string of the molecule is COC(=O)CC1(CS(=O)(=O)CCC(C)(C)CN)CC1. The minimum atomic E-state index is -3.14. The summed E-state index contributed by atoms with van der Waals surface area (Å²) in [4.78, 5) is 11.3. The van der Waals surface area contributed by atoms with Gasteiger partial charge in [-0.3, -0.25) is 4.79 Å². The first-order chi connectivity index (χ1) is 8.64. The van der Waals surface area contributed by atoms with Crippen LogP contribution in [0.5, 0.6) is 0 Å². The molecule has 5 nitrogen and oxygen atoms in total. The van der Waals surface area contributed by atoms with Crippen LogP contribution in [0, 0.1) is 10.8 Å². The average Bonchev–Trinajstić information content (AvgIpc) is 3.05. The fraction of sp³-hybridized carbons (Fsp3) is 0.923. The largest absolute Gasteiger partial charge is 0.469 e. The third-order valence-corrected chi connectivity index (χ3v) is 5.75. The summed E-state index contributed by atoms with van der Waals surface area (Å²) >= 11 is 0. The lowest BCUT2D eigenvalue weighted by Crippen LogP contribution is -2.29. The molecular formula is C13H25NO4S. The molecule has 112 valence electrons. The molecule has 0 saturated heterocycles. The molecule has 0 atom stereocenters. The van der Waals surface area contributed by atoms with Gasteiger partial charge in [-0.05, 0) is 36.6 Å². The van der Waals surface area contributed by atoms with Gasteiger partial charge in [0.05, 0.1) is 25.0 Å². The first-order valence-electron chi connectivity index (χ1n) is 6.61. The number of ether oxygens (including phenoxy) is 1. The van der Waals surface area contributed by atoms with Crippen molar-refractivity contribution in [3.63, 3.8) is 0 Å². The summed E-state index contributed by atoms with van der Waals surface area (Å²) in [5.41, 5.74) is 5.08. The van der Waals surface area contributed by atoms with Gasteiger partial charge in [-0.2, -0.15) is 0 Å². The number of esters is 1. The lowest BCUT2D eigenvalue weighted by atomic mass is 9.91. The molecule has 1 aliphatic rings. The lowest BCUT2D eigenvalue weighted by molar-refractivity contribution is -0.141. The van der Waals surface area contributed by atoms with Crippen molar-refractivity contribution in [3.05, 3.63) is 0 Å². The molecule has 0 unspecified atom stereocenters. The highest BCUT2D eigenvalue weighted by molar-refractivity contribution is 7.91. The number of methoxy groups -OCH3 is 1. The Hall–Kier alpha value is -0.620. The molecule has 6 heteroatoms. The Kier molecular flexibility index (Phi) is 5.01. The van der Waals surface area contributed by atoms with Crippen LogP contribution in [0.4, 0.5) is 0 Å². The lowest BCUT2D eigenvalue weighted by Gasteiger charge is -2.22. The molecule has 2 N–H and O–H groups in total. The van der Waals surface area contributed by atoms with Gasteiger partial charge < -0.3 is 10.5 Å². The second-order valence-electron chi connectivity index (χ2n) is 6.46. The van der Waals surface area contributed by atoms with Gasteiger partial charge in [-0.15, -0.1) is 0 Å². The number of carbonyl (C=O) groups excluding carboxylic acids is 1. The monoisotopic (exact) mass is 291 g/mol. The van der Waals surface area contributed by atoms with Crippen LogP contribution in [0.3, 0.4) is 0 Å². The van der Waals surface area contributed by atoms with Gasteiger partial charge in [0.25, 0.3) is 0 Å². The van der Waals surface area contributed by atoms with Gasteiger partial charge in [0.2, 0.25) is 0 Å². The van der Waals surface area contributed by atoms with Gasteiger partial charge >= 0.3 is 5.97 Å². The highest BCUT2D eigenvalue weighted by Gasteiger charge is 2.47. The molecule has 1 aliphatic carbocycles. The minimum absolute atomic E-state index is 0.0930. The molecule has 0 spiro atoms. The number of sulfone groups is 1. The highest BCUT2D eigenvalue weighted by atomic mass is 32.2. The van der Waals surface area contributed by atoms with Gasteiger partial charge in [0.1, 0.15) is 0 Å². The molecule has 0 bridgehead atoms. The van der Waals surface area contributed by atoms with Gasteiger partial charge in [-0.25, -0.2) is 8.42 Å². The normalized spacial score (nSPS) is 18.1. The first-order valence-corrected chi connectivity index (χ1v) is 8.43. The first kappa shape index (κ1) is 16.4. The number of hydrogen-bond acceptors (Lipinski definition) is 5. The summed E-state index contributed by atoms with van der Waals surface area (Å²) in [5.74, 6) is -0.0921. The molecule has 1 fully saturated rings. The molecule has 0 heterocycles. The fourth-order valence-corrected chi connectivity index (χ4v) is 4.33. The fourth-order valence-electron chi connectivity index (χ4n) is 2.00. The molecule has 1 saturated carbocycles. The Balaban J connectivity index is 2.53. The molecule has 1 rings (SSSR count). The number of rotatable bonds is 8. The van der Waals surface area contributed by atoms with E-state index in [-0.39, 0.29) is 34.7 Å². The quantitative estimate of drug-likeness (QED) is 0.677. The van der Waals surface area contributed by atoms with E-state index in [0.29, 0.717) is 13.0 Å². The number of nitrogens with two attached hydrogens (primary N) is 1. The van der Waals surface area contributed by atoms with Gasteiger partial charge in [0.15, 0.2) is 9.84 Å². The van der Waals surface area contributed by atoms with Crippen molar-refractivity contribution < 1.29 is 17.9 Å². The summed E-state index contributed by atoms with van der Waals surface area (Å²) in [6, 6.07) is 0. The van der Waals surface area contributed by atoms with E-state index in [1.54, 1.807) is 0 Å². The van der Waals surface area contributed by atoms with Crippen molar-refractivity contribution in [2.45, 2.75) is 39.5 Å². The summed E-state index contributed by atoms with van der Waals surface area (Å²) in [5, 5.41) is 0. The maximum Gasteiger partial charge on any atom is 0.306 e. The summed E-state index contributed by atoms with van der Waals surface area (Å²) < 4.78 is 28.9. The van der Waals surface area contributed by atoms with Crippen LogP contribution in [0.25, 0.3) is 0 Å². The van der Waals surface area contributed by atoms with Crippen molar-refractivity contribution in [1.29, 1.82) is 0 Å². The zero-order chi connectivity index (χ0) is 14.7. The van der Waals surface area contributed by atoms with Crippen molar-refractivity contribution >= 4 is 15.8 Å². The molecule has 19 heavy (non-hydrogen) atoms. The van der Waals surface area contributed by atoms with Crippen LogP contribution in [-0.2, 0) is 19.4 Å². The van der Waals surface area contributed by atoms with Crippen LogP contribution in [0.2, 0.25) is 0 Å². The van der Waals surface area contributed by atoms with E-state index in [0.717, 1.165) is 12.8 Å². The average molecular weight is 291 g/mol. The summed E-state index contributed by atoms with van der Waals surface area (Å²) in [6.45, 7) is 4.39. The highest BCUT2D eigenvalue weighted by Crippen LogP contribution is 2.50. The number of hydrogen-bond donors (Lipinski definition) is 1.